The topological polar surface area (TPSA) is 34.6 Å². The maximum atomic E-state index is 8.00. The zero-order valence-corrected chi connectivity index (χ0v) is 11.2. The SMILES string of the molecule is [2H]C([2H])([2H])[n+]1c2n(c3c4cccnc4sc31)Cc1ccncc1-2. The Kier molecular flexibility index (Phi) is 1.39. The van der Waals surface area contributed by atoms with Gasteiger partial charge in [0, 0.05) is 24.2 Å². The second-order valence-electron chi connectivity index (χ2n) is 4.89. The lowest BCUT2D eigenvalue weighted by Crippen LogP contribution is -2.28. The Bertz CT molecular complexity index is 1090. The molecule has 0 saturated heterocycles. The molecule has 0 amide bonds. The van der Waals surface area contributed by atoms with E-state index < -0.39 is 6.98 Å². The third kappa shape index (κ3) is 1.10. The van der Waals surface area contributed by atoms with E-state index in [-0.39, 0.29) is 0 Å². The Morgan fingerprint density at radius 2 is 2.40 bits per heavy atom. The lowest BCUT2D eigenvalue weighted by molar-refractivity contribution is -0.631. The summed E-state index contributed by atoms with van der Waals surface area (Å²) in [5, 5.41) is 0.998. The van der Waals surface area contributed by atoms with Gasteiger partial charge in [0.05, 0.1) is 22.0 Å². The minimum absolute atomic E-state index is 0.660. The van der Waals surface area contributed by atoms with Crippen LogP contribution in [0, 0.1) is 0 Å². The van der Waals surface area contributed by atoms with Crippen LogP contribution in [0.4, 0.5) is 0 Å². The standard InChI is InChI=1S/C15H11N4S/c1-18-14-11-7-16-6-4-9(11)8-19(14)12-10-3-2-5-17-13(10)20-15(12)18/h2-7H,8H2,1H3/q+1/i1D3. The highest BCUT2D eigenvalue weighted by molar-refractivity contribution is 7.24. The Morgan fingerprint density at radius 3 is 3.35 bits per heavy atom. The molecular weight excluding hydrogens is 268 g/mol. The first kappa shape index (κ1) is 8.11. The number of aryl methyl sites for hydroxylation is 1. The minimum Gasteiger partial charge on any atom is -0.264 e. The lowest BCUT2D eigenvalue weighted by atomic mass is 10.2. The van der Waals surface area contributed by atoms with Gasteiger partial charge >= 0.3 is 0 Å². The number of hydrogen-bond acceptors (Lipinski definition) is 3. The van der Waals surface area contributed by atoms with Gasteiger partial charge in [-0.1, -0.05) is 11.3 Å². The van der Waals surface area contributed by atoms with Crippen LogP contribution in [0.5, 0.6) is 0 Å². The highest BCUT2D eigenvalue weighted by Crippen LogP contribution is 2.38. The van der Waals surface area contributed by atoms with Crippen molar-refractivity contribution in [2.24, 2.45) is 6.98 Å². The van der Waals surface area contributed by atoms with Crippen molar-refractivity contribution >= 4 is 31.9 Å². The first-order chi connectivity index (χ1) is 11.1. The van der Waals surface area contributed by atoms with Crippen molar-refractivity contribution in [1.29, 1.82) is 0 Å². The van der Waals surface area contributed by atoms with Gasteiger partial charge in [-0.3, -0.25) is 4.98 Å². The summed E-state index contributed by atoms with van der Waals surface area (Å²) in [5.74, 6) is 0.708. The smallest absolute Gasteiger partial charge is 0.264 e. The third-order valence-electron chi connectivity index (χ3n) is 3.84. The number of fused-ring (bicyclic) bond motifs is 7. The van der Waals surface area contributed by atoms with E-state index in [4.69, 9.17) is 4.11 Å². The van der Waals surface area contributed by atoms with Crippen LogP contribution in [0.25, 0.3) is 32.0 Å². The molecule has 0 spiro atoms. The molecule has 4 aromatic rings. The Hall–Kier alpha value is -2.27. The predicted molar refractivity (Wildman–Crippen MR) is 78.6 cm³/mol. The van der Waals surface area contributed by atoms with E-state index in [9.17, 15) is 0 Å². The maximum Gasteiger partial charge on any atom is 0.292 e. The summed E-state index contributed by atoms with van der Waals surface area (Å²) in [7, 11) is 0. The predicted octanol–water partition coefficient (Wildman–Crippen LogP) is 2.50. The van der Waals surface area contributed by atoms with Gasteiger partial charge in [0.1, 0.15) is 11.4 Å². The van der Waals surface area contributed by atoms with Crippen LogP contribution < -0.4 is 4.57 Å². The van der Waals surface area contributed by atoms with Crippen LogP contribution in [-0.4, -0.2) is 14.5 Å². The molecule has 0 aromatic carbocycles. The monoisotopic (exact) mass is 282 g/mol. The van der Waals surface area contributed by atoms with E-state index >= 15 is 0 Å². The number of hydrogen-bond donors (Lipinski definition) is 0. The van der Waals surface area contributed by atoms with E-state index in [1.165, 1.54) is 15.9 Å². The largest absolute Gasteiger partial charge is 0.292 e. The zero-order valence-electron chi connectivity index (χ0n) is 13.4. The molecule has 5 heteroatoms. The third-order valence-corrected chi connectivity index (χ3v) is 4.93. The number of imidazole rings is 1. The Labute approximate surface area is 123 Å². The van der Waals surface area contributed by atoms with Crippen LogP contribution >= 0.6 is 11.3 Å². The van der Waals surface area contributed by atoms with Gasteiger partial charge in [-0.2, -0.15) is 0 Å². The number of thiophene rings is 1. The molecule has 1 aliphatic heterocycles. The second-order valence-corrected chi connectivity index (χ2v) is 5.87. The van der Waals surface area contributed by atoms with E-state index in [1.54, 1.807) is 18.6 Å². The van der Waals surface area contributed by atoms with E-state index in [2.05, 4.69) is 14.5 Å². The summed E-state index contributed by atoms with van der Waals surface area (Å²) >= 11 is 1.42. The molecule has 1 aliphatic rings. The molecule has 4 nitrogen and oxygen atoms in total. The normalized spacial score (nSPS) is 15.9. The molecule has 0 radical (unpaired) electrons. The van der Waals surface area contributed by atoms with Gasteiger partial charge in [-0.15, -0.1) is 0 Å². The number of pyridine rings is 2. The fourth-order valence-corrected chi connectivity index (χ4v) is 4.06. The fraction of sp³-hybridized carbons (Fsp3) is 0.133. The van der Waals surface area contributed by atoms with Gasteiger partial charge in [0.2, 0.25) is 4.83 Å². The van der Waals surface area contributed by atoms with Crippen LogP contribution in [0.1, 0.15) is 9.68 Å². The molecule has 0 fully saturated rings. The number of nitrogens with zero attached hydrogens (tertiary/aromatic N) is 4. The first-order valence-corrected chi connectivity index (χ1v) is 7.13. The average Bonchev–Trinajstić information content (AvgIpc) is 3.12. The highest BCUT2D eigenvalue weighted by Gasteiger charge is 2.34. The van der Waals surface area contributed by atoms with Crippen molar-refractivity contribution in [3.63, 3.8) is 0 Å². The maximum absolute atomic E-state index is 8.00. The molecular formula is C15H11N4S+. The van der Waals surface area contributed by atoms with Gasteiger partial charge in [0.25, 0.3) is 5.82 Å². The zero-order chi connectivity index (χ0) is 15.8. The molecule has 5 heterocycles. The summed E-state index contributed by atoms with van der Waals surface area (Å²) in [4.78, 5) is 10.2. The summed E-state index contributed by atoms with van der Waals surface area (Å²) in [5.41, 5.74) is 2.93. The Morgan fingerprint density at radius 1 is 1.40 bits per heavy atom. The summed E-state index contributed by atoms with van der Waals surface area (Å²) in [6.45, 7) is -1.59. The Balaban J connectivity index is 2.01. The molecule has 0 saturated carbocycles. The van der Waals surface area contributed by atoms with Gasteiger partial charge < -0.3 is 0 Å². The van der Waals surface area contributed by atoms with E-state index in [0.29, 0.717) is 12.4 Å². The quantitative estimate of drug-likeness (QED) is 0.409. The lowest BCUT2D eigenvalue weighted by Gasteiger charge is -1.93. The molecule has 96 valence electrons. The van der Waals surface area contributed by atoms with Crippen LogP contribution in [0.2, 0.25) is 0 Å². The molecule has 0 N–H and O–H groups in total. The summed E-state index contributed by atoms with van der Waals surface area (Å²) < 4.78 is 27.6. The van der Waals surface area contributed by atoms with Crippen molar-refractivity contribution in [2.75, 3.05) is 0 Å². The molecule has 4 aromatic heterocycles. The van der Waals surface area contributed by atoms with Crippen molar-refractivity contribution in [3.8, 4) is 11.4 Å². The molecule has 0 unspecified atom stereocenters. The van der Waals surface area contributed by atoms with Gasteiger partial charge in [-0.25, -0.2) is 14.1 Å². The van der Waals surface area contributed by atoms with Crippen LogP contribution in [-0.2, 0) is 13.5 Å². The minimum atomic E-state index is -2.25. The van der Waals surface area contributed by atoms with E-state index in [0.717, 1.165) is 31.7 Å². The fourth-order valence-electron chi connectivity index (χ4n) is 3.00. The molecule has 0 bridgehead atoms. The van der Waals surface area contributed by atoms with E-state index in [1.807, 2.05) is 18.2 Å². The van der Waals surface area contributed by atoms with Crippen LogP contribution in [0.15, 0.2) is 36.8 Å². The van der Waals surface area contributed by atoms with Crippen molar-refractivity contribution in [2.45, 2.75) is 6.54 Å². The molecule has 20 heavy (non-hydrogen) atoms. The van der Waals surface area contributed by atoms with Crippen molar-refractivity contribution < 1.29 is 8.68 Å². The van der Waals surface area contributed by atoms with Crippen LogP contribution in [0.3, 0.4) is 0 Å². The molecule has 0 atom stereocenters. The highest BCUT2D eigenvalue weighted by atomic mass is 32.1. The van der Waals surface area contributed by atoms with Gasteiger partial charge in [0.15, 0.2) is 5.52 Å². The number of rotatable bonds is 0. The second kappa shape index (κ2) is 3.43. The van der Waals surface area contributed by atoms with Gasteiger partial charge in [-0.05, 0) is 18.2 Å². The van der Waals surface area contributed by atoms with Crippen molar-refractivity contribution in [3.05, 3.63) is 42.4 Å². The molecule has 5 rings (SSSR count). The molecule has 0 aliphatic carbocycles. The summed E-state index contributed by atoms with van der Waals surface area (Å²) in [6, 6.07) is 5.84. The number of aromatic nitrogens is 4. The summed E-state index contributed by atoms with van der Waals surface area (Å²) in [6.07, 6.45) is 5.23. The van der Waals surface area contributed by atoms with Crippen molar-refractivity contribution in [1.82, 2.24) is 14.5 Å². The first-order valence-electron chi connectivity index (χ1n) is 7.81. The average molecular weight is 282 g/mol.